The number of hydrogen-bond acceptors (Lipinski definition) is 6. The second-order valence-electron chi connectivity index (χ2n) is 7.58. The number of anilines is 2. The van der Waals surface area contributed by atoms with Gasteiger partial charge in [0.15, 0.2) is 6.61 Å². The van der Waals surface area contributed by atoms with Crippen LogP contribution in [0.4, 0.5) is 11.4 Å². The lowest BCUT2D eigenvalue weighted by atomic mass is 10.1. The number of esters is 1. The maximum absolute atomic E-state index is 13.2. The molecule has 0 spiro atoms. The van der Waals surface area contributed by atoms with Gasteiger partial charge in [-0.2, -0.15) is 0 Å². The van der Waals surface area contributed by atoms with E-state index in [0.29, 0.717) is 11.4 Å². The molecule has 33 heavy (non-hydrogen) atoms. The zero-order valence-electron chi connectivity index (χ0n) is 17.6. The lowest BCUT2D eigenvalue weighted by Crippen LogP contribution is -2.44. The number of nitrogens with zero attached hydrogens (tertiary/aromatic N) is 2. The number of carbonyl (C=O) groups is 4. The van der Waals surface area contributed by atoms with E-state index in [0.717, 1.165) is 14.7 Å². The maximum atomic E-state index is 13.2. The van der Waals surface area contributed by atoms with Gasteiger partial charge in [-0.3, -0.25) is 24.2 Å². The molecule has 5 rings (SSSR count). The van der Waals surface area contributed by atoms with Crippen molar-refractivity contribution in [1.29, 1.82) is 0 Å². The van der Waals surface area contributed by atoms with E-state index < -0.39 is 36.3 Å². The zero-order valence-corrected chi connectivity index (χ0v) is 18.4. The van der Waals surface area contributed by atoms with Gasteiger partial charge in [0.1, 0.15) is 6.04 Å². The maximum Gasteiger partial charge on any atom is 0.329 e. The molecule has 7 nitrogen and oxygen atoms in total. The Bertz CT molecular complexity index is 1240. The SMILES string of the molecule is C[C@@H](C(=O)OCC(=O)N1c2ccccc2Sc2ccccc21)N1C(=O)c2ccccc2C1=O. The van der Waals surface area contributed by atoms with Crippen LogP contribution < -0.4 is 4.90 Å². The molecule has 3 amide bonds. The van der Waals surface area contributed by atoms with Gasteiger partial charge < -0.3 is 4.74 Å². The van der Waals surface area contributed by atoms with Gasteiger partial charge in [0.05, 0.1) is 22.5 Å². The highest BCUT2D eigenvalue weighted by Crippen LogP contribution is 2.47. The first-order valence-corrected chi connectivity index (χ1v) is 11.1. The van der Waals surface area contributed by atoms with Gasteiger partial charge in [-0.1, -0.05) is 48.2 Å². The summed E-state index contributed by atoms with van der Waals surface area (Å²) in [5, 5.41) is 0. The first-order chi connectivity index (χ1) is 16.0. The third-order valence-corrected chi connectivity index (χ3v) is 6.70. The van der Waals surface area contributed by atoms with Crippen molar-refractivity contribution in [3.63, 3.8) is 0 Å². The molecule has 164 valence electrons. The zero-order chi connectivity index (χ0) is 23.1. The van der Waals surface area contributed by atoms with E-state index in [9.17, 15) is 19.2 Å². The Labute approximate surface area is 193 Å². The summed E-state index contributed by atoms with van der Waals surface area (Å²) in [5.74, 6) is -2.37. The molecule has 0 fully saturated rings. The average molecular weight is 458 g/mol. The number of benzene rings is 3. The third kappa shape index (κ3) is 3.48. The van der Waals surface area contributed by atoms with E-state index in [1.165, 1.54) is 11.8 Å². The van der Waals surface area contributed by atoms with Crippen molar-refractivity contribution in [2.24, 2.45) is 0 Å². The van der Waals surface area contributed by atoms with Crippen LogP contribution in [0.25, 0.3) is 0 Å². The number of amides is 3. The lowest BCUT2D eigenvalue weighted by Gasteiger charge is -2.31. The smallest absolute Gasteiger partial charge is 0.329 e. The number of fused-ring (bicyclic) bond motifs is 3. The van der Waals surface area contributed by atoms with E-state index in [1.54, 1.807) is 36.0 Å². The number of ether oxygens (including phenoxy) is 1. The molecule has 2 aliphatic heterocycles. The van der Waals surface area contributed by atoms with Crippen molar-refractivity contribution >= 4 is 46.8 Å². The van der Waals surface area contributed by atoms with Crippen LogP contribution in [0.1, 0.15) is 27.6 Å². The summed E-state index contributed by atoms with van der Waals surface area (Å²) in [6.45, 7) is 0.885. The highest BCUT2D eigenvalue weighted by molar-refractivity contribution is 7.99. The van der Waals surface area contributed by atoms with Crippen molar-refractivity contribution in [1.82, 2.24) is 4.90 Å². The molecule has 0 saturated carbocycles. The van der Waals surface area contributed by atoms with Gasteiger partial charge in [-0.05, 0) is 43.3 Å². The summed E-state index contributed by atoms with van der Waals surface area (Å²) in [5.41, 5.74) is 1.90. The Balaban J connectivity index is 1.33. The van der Waals surface area contributed by atoms with Crippen LogP contribution in [0.5, 0.6) is 0 Å². The fraction of sp³-hybridized carbons (Fsp3) is 0.120. The Morgan fingerprint density at radius 2 is 1.30 bits per heavy atom. The third-order valence-electron chi connectivity index (χ3n) is 5.57. The van der Waals surface area contributed by atoms with Gasteiger partial charge in [0.25, 0.3) is 17.7 Å². The van der Waals surface area contributed by atoms with Crippen LogP contribution in [0.15, 0.2) is 82.6 Å². The summed E-state index contributed by atoms with van der Waals surface area (Å²) < 4.78 is 5.27. The second-order valence-corrected chi connectivity index (χ2v) is 8.66. The van der Waals surface area contributed by atoms with Gasteiger partial charge in [-0.25, -0.2) is 4.79 Å². The van der Waals surface area contributed by atoms with Gasteiger partial charge in [0.2, 0.25) is 0 Å². The molecule has 1 atom stereocenters. The van der Waals surface area contributed by atoms with E-state index in [-0.39, 0.29) is 11.1 Å². The molecule has 2 heterocycles. The first-order valence-electron chi connectivity index (χ1n) is 10.3. The topological polar surface area (TPSA) is 84.0 Å². The summed E-state index contributed by atoms with van der Waals surface area (Å²) in [6.07, 6.45) is 0. The quantitative estimate of drug-likeness (QED) is 0.433. The number of rotatable bonds is 4. The molecule has 0 saturated heterocycles. The standard InChI is InChI=1S/C25H18N2O5S/c1-15(26-23(29)16-8-2-3-9-17(16)24(26)30)25(31)32-14-22(28)27-18-10-4-6-12-20(18)33-21-13-7-5-11-19(21)27/h2-13,15H,14H2,1H3/t15-/m0/s1. The molecular weight excluding hydrogens is 440 g/mol. The predicted octanol–water partition coefficient (Wildman–Crippen LogP) is 4.04. The number of hydrogen-bond donors (Lipinski definition) is 0. The monoisotopic (exact) mass is 458 g/mol. The molecule has 2 aliphatic rings. The Morgan fingerprint density at radius 1 is 0.818 bits per heavy atom. The molecule has 0 unspecified atom stereocenters. The summed E-state index contributed by atoms with van der Waals surface area (Å²) in [7, 11) is 0. The van der Waals surface area contributed by atoms with Crippen LogP contribution >= 0.6 is 11.8 Å². The molecule has 8 heteroatoms. The van der Waals surface area contributed by atoms with Crippen molar-refractivity contribution in [2.45, 2.75) is 22.8 Å². The molecule has 3 aromatic carbocycles. The van der Waals surface area contributed by atoms with E-state index in [1.807, 2.05) is 48.5 Å². The molecule has 0 bridgehead atoms. The van der Waals surface area contributed by atoms with E-state index in [4.69, 9.17) is 4.74 Å². The van der Waals surface area contributed by atoms with Crippen molar-refractivity contribution in [3.05, 3.63) is 83.9 Å². The van der Waals surface area contributed by atoms with Crippen molar-refractivity contribution in [2.75, 3.05) is 11.5 Å². The van der Waals surface area contributed by atoms with Gasteiger partial charge in [-0.15, -0.1) is 0 Å². The minimum Gasteiger partial charge on any atom is -0.454 e. The Morgan fingerprint density at radius 3 is 1.85 bits per heavy atom. The van der Waals surface area contributed by atoms with Crippen LogP contribution in [0.3, 0.4) is 0 Å². The number of para-hydroxylation sites is 2. The van der Waals surface area contributed by atoms with Crippen molar-refractivity contribution < 1.29 is 23.9 Å². The Hall–Kier alpha value is -3.91. The van der Waals surface area contributed by atoms with Crippen LogP contribution in [0, 0.1) is 0 Å². The highest BCUT2D eigenvalue weighted by Gasteiger charge is 2.41. The summed E-state index contributed by atoms with van der Waals surface area (Å²) >= 11 is 1.56. The van der Waals surface area contributed by atoms with E-state index >= 15 is 0 Å². The van der Waals surface area contributed by atoms with Gasteiger partial charge >= 0.3 is 5.97 Å². The first kappa shape index (κ1) is 21.0. The summed E-state index contributed by atoms with van der Waals surface area (Å²) in [6, 6.07) is 20.2. The Kier molecular flexibility index (Phi) is 5.22. The minimum atomic E-state index is -1.17. The average Bonchev–Trinajstić information content (AvgIpc) is 3.10. The van der Waals surface area contributed by atoms with Gasteiger partial charge in [0, 0.05) is 9.79 Å². The number of carbonyl (C=O) groups excluding carboxylic acids is 4. The molecule has 3 aromatic rings. The fourth-order valence-corrected chi connectivity index (χ4v) is 5.01. The highest BCUT2D eigenvalue weighted by atomic mass is 32.2. The molecule has 0 aliphatic carbocycles. The normalized spacial score (nSPS) is 14.9. The van der Waals surface area contributed by atoms with E-state index in [2.05, 4.69) is 0 Å². The molecule has 0 aromatic heterocycles. The second kappa shape index (κ2) is 8.22. The largest absolute Gasteiger partial charge is 0.454 e. The van der Waals surface area contributed by atoms with Crippen LogP contribution in [0.2, 0.25) is 0 Å². The molecule has 0 N–H and O–H groups in total. The van der Waals surface area contributed by atoms with Crippen LogP contribution in [-0.4, -0.2) is 41.2 Å². The molecular formula is C25H18N2O5S. The van der Waals surface area contributed by atoms with Crippen molar-refractivity contribution in [3.8, 4) is 0 Å². The molecule has 0 radical (unpaired) electrons. The fourth-order valence-electron chi connectivity index (χ4n) is 3.96. The lowest BCUT2D eigenvalue weighted by molar-refractivity contribution is -0.151. The minimum absolute atomic E-state index is 0.247. The predicted molar refractivity (Wildman–Crippen MR) is 122 cm³/mol. The number of imide groups is 1. The van der Waals surface area contributed by atoms with Crippen LogP contribution in [-0.2, 0) is 14.3 Å². The summed E-state index contributed by atoms with van der Waals surface area (Å²) in [4.78, 5) is 55.4.